The summed E-state index contributed by atoms with van der Waals surface area (Å²) in [5.74, 6) is 0.913. The Labute approximate surface area is 226 Å². The van der Waals surface area contributed by atoms with Crippen LogP contribution in [-0.4, -0.2) is 29.8 Å². The Morgan fingerprint density at radius 3 is 2.22 bits per heavy atom. The van der Waals surface area contributed by atoms with Crippen LogP contribution in [0.1, 0.15) is 57.9 Å². The van der Waals surface area contributed by atoms with E-state index in [2.05, 4.69) is 102 Å². The highest BCUT2D eigenvalue weighted by molar-refractivity contribution is 7.98. The summed E-state index contributed by atoms with van der Waals surface area (Å²) < 4.78 is 8.15. The summed E-state index contributed by atoms with van der Waals surface area (Å²) in [5, 5.41) is 0. The van der Waals surface area contributed by atoms with Crippen LogP contribution in [0.3, 0.4) is 0 Å². The number of para-hydroxylation sites is 1. The predicted molar refractivity (Wildman–Crippen MR) is 158 cm³/mol. The third-order valence-electron chi connectivity index (χ3n) is 7.19. The maximum Gasteiger partial charge on any atom is 0.118 e. The molecule has 192 valence electrons. The maximum atomic E-state index is 5.43. The predicted octanol–water partition coefficient (Wildman–Crippen LogP) is 9.20. The number of ether oxygens (including phenoxy) is 1. The zero-order chi connectivity index (χ0) is 25.4. The van der Waals surface area contributed by atoms with E-state index < -0.39 is 0 Å². The second-order valence-electron chi connectivity index (χ2n) is 9.66. The maximum absolute atomic E-state index is 5.43. The van der Waals surface area contributed by atoms with Crippen molar-refractivity contribution in [2.75, 3.05) is 24.8 Å². The first kappa shape index (κ1) is 27.0. The van der Waals surface area contributed by atoms with Crippen LogP contribution in [0.15, 0.2) is 82.6 Å². The van der Waals surface area contributed by atoms with Crippen molar-refractivity contribution < 1.29 is 4.74 Å². The Morgan fingerprint density at radius 1 is 0.917 bits per heavy atom. The quantitative estimate of drug-likeness (QED) is 0.184. The van der Waals surface area contributed by atoms with Crippen LogP contribution in [0, 0.1) is 0 Å². The van der Waals surface area contributed by atoms with Crippen LogP contribution in [0.2, 0.25) is 0 Å². The van der Waals surface area contributed by atoms with E-state index in [0.29, 0.717) is 0 Å². The lowest BCUT2D eigenvalue weighted by Crippen LogP contribution is -2.51. The number of methoxy groups -OCH3 is 1. The number of nitrogens with zero attached hydrogens (tertiary/aromatic N) is 2. The molecule has 0 N–H and O–H groups in total. The number of hydrogen-bond donors (Lipinski definition) is 0. The normalized spacial score (nSPS) is 15.4. The number of rotatable bonds is 11. The molecular formula is C31H40N2OS2. The fourth-order valence-corrected chi connectivity index (χ4v) is 6.78. The Bertz CT molecular complexity index is 1080. The van der Waals surface area contributed by atoms with Gasteiger partial charge in [-0.1, -0.05) is 69.9 Å². The van der Waals surface area contributed by atoms with Gasteiger partial charge < -0.3 is 9.64 Å². The molecule has 0 amide bonds. The molecule has 0 saturated carbocycles. The third kappa shape index (κ3) is 6.24. The first-order chi connectivity index (χ1) is 17.6. The zero-order valence-corrected chi connectivity index (χ0v) is 23.8. The second-order valence-corrected chi connectivity index (χ2v) is 11.6. The van der Waals surface area contributed by atoms with Gasteiger partial charge in [0.15, 0.2) is 0 Å². The third-order valence-corrected chi connectivity index (χ3v) is 9.20. The average Bonchev–Trinajstić information content (AvgIpc) is 3.06. The fraction of sp³-hybridized carbons (Fsp3) is 0.419. The molecule has 3 aromatic carbocycles. The highest BCUT2D eigenvalue weighted by Gasteiger charge is 2.42. The topological polar surface area (TPSA) is 15.7 Å². The molecule has 1 aliphatic heterocycles. The van der Waals surface area contributed by atoms with Crippen molar-refractivity contribution in [2.45, 2.75) is 74.2 Å². The molecule has 3 nitrogen and oxygen atoms in total. The molecule has 0 bridgehead atoms. The SMILES string of the molecule is CCCCC1(CCCC)CN(c2ccccc2)c2cc(SC)ccc2SN1Cc1ccc(OC)cc1. The van der Waals surface area contributed by atoms with Crippen molar-refractivity contribution in [1.29, 1.82) is 0 Å². The molecule has 0 atom stereocenters. The van der Waals surface area contributed by atoms with Gasteiger partial charge in [0.25, 0.3) is 0 Å². The summed E-state index contributed by atoms with van der Waals surface area (Å²) in [4.78, 5) is 5.24. The molecular weight excluding hydrogens is 480 g/mol. The molecule has 0 unspecified atom stereocenters. The number of hydrogen-bond acceptors (Lipinski definition) is 5. The first-order valence-electron chi connectivity index (χ1n) is 13.2. The summed E-state index contributed by atoms with van der Waals surface area (Å²) in [7, 11) is 1.73. The molecule has 0 spiro atoms. The van der Waals surface area contributed by atoms with E-state index in [4.69, 9.17) is 4.74 Å². The minimum Gasteiger partial charge on any atom is -0.497 e. The summed E-state index contributed by atoms with van der Waals surface area (Å²) >= 11 is 3.78. The van der Waals surface area contributed by atoms with Crippen LogP contribution in [0.5, 0.6) is 5.75 Å². The number of fused-ring (bicyclic) bond motifs is 1. The molecule has 5 heteroatoms. The summed E-state index contributed by atoms with van der Waals surface area (Å²) in [5.41, 5.74) is 4.00. The van der Waals surface area contributed by atoms with Gasteiger partial charge in [-0.05, 0) is 79.1 Å². The van der Waals surface area contributed by atoms with E-state index in [1.165, 1.54) is 65.3 Å². The van der Waals surface area contributed by atoms with Gasteiger partial charge in [-0.25, -0.2) is 4.31 Å². The van der Waals surface area contributed by atoms with Crippen molar-refractivity contribution in [3.8, 4) is 5.75 Å². The summed E-state index contributed by atoms with van der Waals surface area (Å²) in [6.07, 6.45) is 9.45. The van der Waals surface area contributed by atoms with Gasteiger partial charge in [-0.2, -0.15) is 0 Å². The Hall–Kier alpha value is -2.08. The van der Waals surface area contributed by atoms with E-state index >= 15 is 0 Å². The summed E-state index contributed by atoms with van der Waals surface area (Å²) in [6.45, 7) is 6.54. The molecule has 4 rings (SSSR count). The van der Waals surface area contributed by atoms with Crippen LogP contribution in [-0.2, 0) is 6.54 Å². The molecule has 3 aromatic rings. The smallest absolute Gasteiger partial charge is 0.118 e. The van der Waals surface area contributed by atoms with Crippen molar-refractivity contribution in [2.24, 2.45) is 0 Å². The van der Waals surface area contributed by atoms with Gasteiger partial charge in [0, 0.05) is 34.1 Å². The van der Waals surface area contributed by atoms with Crippen molar-refractivity contribution >= 4 is 35.1 Å². The Kier molecular flexibility index (Phi) is 9.69. The standard InChI is InChI=1S/C31H40N2OS2/c1-5-7-20-31(21-8-6-2)24-32(26-12-10-9-11-13-26)29-22-28(35-4)18-19-30(29)36-33(31)23-25-14-16-27(34-3)17-15-25/h9-19,22H,5-8,20-21,23-24H2,1-4H3. The van der Waals surface area contributed by atoms with E-state index in [1.807, 2.05) is 23.7 Å². The molecule has 0 saturated heterocycles. The lowest BCUT2D eigenvalue weighted by Gasteiger charge is -2.44. The van der Waals surface area contributed by atoms with Gasteiger partial charge >= 0.3 is 0 Å². The van der Waals surface area contributed by atoms with Gasteiger partial charge in [0.2, 0.25) is 0 Å². The number of benzene rings is 3. The van der Waals surface area contributed by atoms with Gasteiger partial charge in [0.1, 0.15) is 5.75 Å². The van der Waals surface area contributed by atoms with Crippen LogP contribution in [0.4, 0.5) is 11.4 Å². The van der Waals surface area contributed by atoms with Crippen molar-refractivity contribution in [1.82, 2.24) is 4.31 Å². The van der Waals surface area contributed by atoms with Crippen molar-refractivity contribution in [3.05, 3.63) is 78.4 Å². The monoisotopic (exact) mass is 520 g/mol. The Morgan fingerprint density at radius 2 is 1.61 bits per heavy atom. The molecule has 1 heterocycles. The molecule has 1 aliphatic rings. The van der Waals surface area contributed by atoms with Gasteiger partial charge in [-0.15, -0.1) is 11.8 Å². The first-order valence-corrected chi connectivity index (χ1v) is 15.2. The average molecular weight is 521 g/mol. The van der Waals surface area contributed by atoms with Gasteiger partial charge in [-0.3, -0.25) is 0 Å². The summed E-state index contributed by atoms with van der Waals surface area (Å²) in [6, 6.07) is 26.6. The van der Waals surface area contributed by atoms with E-state index in [0.717, 1.165) is 18.8 Å². The van der Waals surface area contributed by atoms with E-state index in [1.54, 1.807) is 7.11 Å². The highest BCUT2D eigenvalue weighted by Crippen LogP contribution is 2.48. The number of anilines is 2. The van der Waals surface area contributed by atoms with E-state index in [9.17, 15) is 0 Å². The minimum absolute atomic E-state index is 0.0605. The lowest BCUT2D eigenvalue weighted by atomic mass is 9.85. The number of unbranched alkanes of at least 4 members (excludes halogenated alkanes) is 2. The Balaban J connectivity index is 1.83. The second kappa shape index (κ2) is 12.9. The lowest BCUT2D eigenvalue weighted by molar-refractivity contribution is 0.167. The molecule has 0 radical (unpaired) electrons. The minimum atomic E-state index is 0.0605. The van der Waals surface area contributed by atoms with Crippen LogP contribution in [0.25, 0.3) is 0 Å². The molecule has 0 fully saturated rings. The van der Waals surface area contributed by atoms with Gasteiger partial charge in [0.05, 0.1) is 12.8 Å². The van der Waals surface area contributed by atoms with Crippen molar-refractivity contribution in [3.63, 3.8) is 0 Å². The molecule has 36 heavy (non-hydrogen) atoms. The number of thioether (sulfide) groups is 1. The van der Waals surface area contributed by atoms with E-state index in [-0.39, 0.29) is 5.54 Å². The highest BCUT2D eigenvalue weighted by atomic mass is 32.2. The van der Waals surface area contributed by atoms with Crippen LogP contribution < -0.4 is 9.64 Å². The largest absolute Gasteiger partial charge is 0.497 e. The fourth-order valence-electron chi connectivity index (χ4n) is 5.07. The molecule has 0 aliphatic carbocycles. The van der Waals surface area contributed by atoms with Crippen LogP contribution >= 0.6 is 23.7 Å². The zero-order valence-electron chi connectivity index (χ0n) is 22.2. The molecule has 0 aromatic heterocycles.